The molecule has 0 fully saturated rings. The number of pyridine rings is 1. The fraction of sp³-hybridized carbons (Fsp3) is 0.308. The van der Waals surface area contributed by atoms with Gasteiger partial charge >= 0.3 is 5.97 Å². The first kappa shape index (κ1) is 20.1. The van der Waals surface area contributed by atoms with Crippen LogP contribution in [0, 0.1) is 0 Å². The fourth-order valence-electron chi connectivity index (χ4n) is 4.19. The quantitative estimate of drug-likeness (QED) is 0.343. The average molecular weight is 401 g/mol. The van der Waals surface area contributed by atoms with E-state index in [2.05, 4.69) is 66.1 Å². The Balaban J connectivity index is 1.80. The second kappa shape index (κ2) is 9.12. The molecule has 0 spiro atoms. The molecule has 0 saturated carbocycles. The highest BCUT2D eigenvalue weighted by molar-refractivity contribution is 6.10. The number of hydrogen-bond donors (Lipinski definition) is 0. The van der Waals surface area contributed by atoms with Gasteiger partial charge in [0.15, 0.2) is 0 Å². The molecule has 0 radical (unpaired) electrons. The molecule has 0 aliphatic carbocycles. The molecule has 4 nitrogen and oxygen atoms in total. The number of carbonyl (C=O) groups is 1. The van der Waals surface area contributed by atoms with E-state index in [1.807, 2.05) is 13.0 Å². The first-order valence-electron chi connectivity index (χ1n) is 10.8. The number of carbonyl (C=O) groups excluding carboxylic acids is 1. The summed E-state index contributed by atoms with van der Waals surface area (Å²) in [7, 11) is 0. The molecule has 2 aromatic heterocycles. The third-order valence-corrected chi connectivity index (χ3v) is 5.48. The van der Waals surface area contributed by atoms with Crippen LogP contribution >= 0.6 is 0 Å². The minimum Gasteiger partial charge on any atom is -0.461 e. The molecule has 30 heavy (non-hydrogen) atoms. The second-order valence-electron chi connectivity index (χ2n) is 7.58. The Morgan fingerprint density at radius 1 is 0.967 bits per heavy atom. The van der Waals surface area contributed by atoms with Crippen molar-refractivity contribution in [1.29, 1.82) is 0 Å². The zero-order chi connectivity index (χ0) is 20.9. The van der Waals surface area contributed by atoms with Gasteiger partial charge in [-0.25, -0.2) is 9.78 Å². The lowest BCUT2D eigenvalue weighted by Gasteiger charge is -2.12. The molecule has 2 aromatic carbocycles. The van der Waals surface area contributed by atoms with E-state index >= 15 is 0 Å². The monoisotopic (exact) mass is 400 g/mol. The lowest BCUT2D eigenvalue weighted by atomic mass is 10.1. The second-order valence-corrected chi connectivity index (χ2v) is 7.58. The van der Waals surface area contributed by atoms with Crippen LogP contribution in [0.4, 0.5) is 0 Å². The topological polar surface area (TPSA) is 44.1 Å². The average Bonchev–Trinajstić information content (AvgIpc) is 3.09. The molecule has 4 aromatic rings. The Morgan fingerprint density at radius 3 is 2.50 bits per heavy atom. The summed E-state index contributed by atoms with van der Waals surface area (Å²) in [5.74, 6) is -0.349. The van der Waals surface area contributed by atoms with E-state index in [0.717, 1.165) is 54.2 Å². The lowest BCUT2D eigenvalue weighted by Crippen LogP contribution is -2.10. The Morgan fingerprint density at radius 2 is 1.73 bits per heavy atom. The number of nitrogens with zero attached hydrogens (tertiary/aromatic N) is 2. The molecular weight excluding hydrogens is 372 g/mol. The highest BCUT2D eigenvalue weighted by Crippen LogP contribution is 2.32. The van der Waals surface area contributed by atoms with Crippen molar-refractivity contribution in [2.45, 2.75) is 46.1 Å². The van der Waals surface area contributed by atoms with Crippen molar-refractivity contribution in [3.63, 3.8) is 0 Å². The summed E-state index contributed by atoms with van der Waals surface area (Å²) < 4.78 is 7.62. The van der Waals surface area contributed by atoms with Crippen molar-refractivity contribution in [2.24, 2.45) is 0 Å². The Kier molecular flexibility index (Phi) is 6.12. The zero-order valence-corrected chi connectivity index (χ0v) is 17.7. The number of esters is 1. The smallest absolute Gasteiger partial charge is 0.356 e. The van der Waals surface area contributed by atoms with Gasteiger partial charge in [0.05, 0.1) is 17.8 Å². The van der Waals surface area contributed by atoms with E-state index in [-0.39, 0.29) is 5.97 Å². The van der Waals surface area contributed by atoms with Crippen molar-refractivity contribution < 1.29 is 9.53 Å². The summed E-state index contributed by atoms with van der Waals surface area (Å²) in [4.78, 5) is 17.2. The molecule has 0 unspecified atom stereocenters. The van der Waals surface area contributed by atoms with Gasteiger partial charge < -0.3 is 9.30 Å². The predicted molar refractivity (Wildman–Crippen MR) is 122 cm³/mol. The lowest BCUT2D eigenvalue weighted by molar-refractivity contribution is 0.0519. The Hall–Kier alpha value is -3.14. The van der Waals surface area contributed by atoms with E-state index in [0.29, 0.717) is 12.3 Å². The van der Waals surface area contributed by atoms with Crippen LogP contribution in [-0.2, 0) is 24.1 Å². The van der Waals surface area contributed by atoms with Crippen molar-refractivity contribution in [3.05, 3.63) is 77.6 Å². The van der Waals surface area contributed by atoms with E-state index in [1.54, 1.807) is 0 Å². The highest BCUT2D eigenvalue weighted by atomic mass is 16.5. The van der Waals surface area contributed by atoms with Gasteiger partial charge in [-0.3, -0.25) is 0 Å². The number of aryl methyl sites for hydroxylation is 3. The molecule has 4 heteroatoms. The van der Waals surface area contributed by atoms with E-state index in [4.69, 9.17) is 9.72 Å². The maximum Gasteiger partial charge on any atom is 0.356 e. The third-order valence-electron chi connectivity index (χ3n) is 5.48. The summed E-state index contributed by atoms with van der Waals surface area (Å²) in [6.45, 7) is 5.23. The standard InChI is InChI=1S/C26H28N2O2/c1-3-11-22-25-21(18-23(27-22)26(29)30-4-2)20-15-8-9-16-24(20)28(25)17-10-14-19-12-6-5-7-13-19/h5-9,12-13,15-16,18H,3-4,10-11,14,17H2,1-2H3. The number of para-hydroxylation sites is 1. The molecule has 4 rings (SSSR count). The van der Waals surface area contributed by atoms with Crippen LogP contribution in [0.5, 0.6) is 0 Å². The maximum atomic E-state index is 12.4. The van der Waals surface area contributed by atoms with Crippen LogP contribution in [0.15, 0.2) is 60.7 Å². The fourth-order valence-corrected chi connectivity index (χ4v) is 4.19. The number of rotatable bonds is 8. The van der Waals surface area contributed by atoms with Gasteiger partial charge in [-0.15, -0.1) is 0 Å². The predicted octanol–water partition coefficient (Wildman–Crippen LogP) is 5.95. The summed E-state index contributed by atoms with van der Waals surface area (Å²) in [5, 5.41) is 2.25. The number of benzene rings is 2. The van der Waals surface area contributed by atoms with Crippen LogP contribution in [0.1, 0.15) is 48.4 Å². The van der Waals surface area contributed by atoms with Gasteiger partial charge in [-0.1, -0.05) is 61.9 Å². The van der Waals surface area contributed by atoms with Crippen LogP contribution in [0.2, 0.25) is 0 Å². The molecule has 0 saturated heterocycles. The molecule has 0 amide bonds. The molecule has 2 heterocycles. The molecule has 0 aliphatic rings. The molecule has 0 atom stereocenters. The first-order chi connectivity index (χ1) is 14.7. The van der Waals surface area contributed by atoms with Crippen molar-refractivity contribution in [3.8, 4) is 0 Å². The van der Waals surface area contributed by atoms with Crippen LogP contribution in [0.3, 0.4) is 0 Å². The van der Waals surface area contributed by atoms with Gasteiger partial charge in [0, 0.05) is 22.8 Å². The normalized spacial score (nSPS) is 11.3. The molecule has 0 bridgehead atoms. The number of hydrogen-bond acceptors (Lipinski definition) is 3. The number of ether oxygens (including phenoxy) is 1. The van der Waals surface area contributed by atoms with Crippen molar-refractivity contribution in [2.75, 3.05) is 6.61 Å². The summed E-state index contributed by atoms with van der Waals surface area (Å²) in [6, 6.07) is 20.9. The largest absolute Gasteiger partial charge is 0.461 e. The molecule has 0 aliphatic heterocycles. The van der Waals surface area contributed by atoms with Crippen molar-refractivity contribution in [1.82, 2.24) is 9.55 Å². The third kappa shape index (κ3) is 3.95. The Labute approximate surface area is 177 Å². The molecule has 154 valence electrons. The summed E-state index contributed by atoms with van der Waals surface area (Å²) in [6.07, 6.45) is 3.88. The number of fused-ring (bicyclic) bond motifs is 3. The summed E-state index contributed by atoms with van der Waals surface area (Å²) in [5.41, 5.74) is 5.09. The minimum atomic E-state index is -0.349. The zero-order valence-electron chi connectivity index (χ0n) is 17.7. The van der Waals surface area contributed by atoms with Gasteiger partial charge in [0.25, 0.3) is 0 Å². The molecule has 0 N–H and O–H groups in total. The van der Waals surface area contributed by atoms with Crippen LogP contribution < -0.4 is 0 Å². The number of aromatic nitrogens is 2. The van der Waals surface area contributed by atoms with E-state index in [9.17, 15) is 4.79 Å². The minimum absolute atomic E-state index is 0.349. The van der Waals surface area contributed by atoms with E-state index < -0.39 is 0 Å². The van der Waals surface area contributed by atoms with Gasteiger partial charge in [-0.2, -0.15) is 0 Å². The van der Waals surface area contributed by atoms with Gasteiger partial charge in [0.2, 0.25) is 0 Å². The van der Waals surface area contributed by atoms with E-state index in [1.165, 1.54) is 11.1 Å². The highest BCUT2D eigenvalue weighted by Gasteiger charge is 2.19. The maximum absolute atomic E-state index is 12.4. The SMILES string of the molecule is CCCc1nc(C(=O)OCC)cc2c3ccccc3n(CCCc3ccccc3)c12. The molecular formula is C26H28N2O2. The van der Waals surface area contributed by atoms with Crippen molar-refractivity contribution >= 4 is 27.8 Å². The van der Waals surface area contributed by atoms with Gasteiger partial charge in [0.1, 0.15) is 5.69 Å². The summed E-state index contributed by atoms with van der Waals surface area (Å²) >= 11 is 0. The van der Waals surface area contributed by atoms with Crippen LogP contribution in [-0.4, -0.2) is 22.1 Å². The van der Waals surface area contributed by atoms with Crippen LogP contribution in [0.25, 0.3) is 21.8 Å². The Bertz CT molecular complexity index is 1160. The first-order valence-corrected chi connectivity index (χ1v) is 10.8. The van der Waals surface area contributed by atoms with Gasteiger partial charge in [-0.05, 0) is 43.9 Å².